The van der Waals surface area contributed by atoms with Crippen LogP contribution in [0.3, 0.4) is 0 Å². The summed E-state index contributed by atoms with van der Waals surface area (Å²) in [6.45, 7) is 4.84. The van der Waals surface area contributed by atoms with Crippen molar-refractivity contribution in [1.29, 1.82) is 0 Å². The number of carbonyl (C=O) groups excluding carboxylic acids is 1. The number of benzene rings is 1. The van der Waals surface area contributed by atoms with Gasteiger partial charge in [-0.15, -0.1) is 0 Å². The first-order valence-electron chi connectivity index (χ1n) is 7.16. The number of rotatable bonds is 5. The fourth-order valence-electron chi connectivity index (χ4n) is 2.52. The third-order valence-electron chi connectivity index (χ3n) is 4.14. The first-order chi connectivity index (χ1) is 9.90. The molecule has 1 saturated carbocycles. The van der Waals surface area contributed by atoms with E-state index in [2.05, 4.69) is 6.92 Å². The minimum absolute atomic E-state index is 0.00262. The van der Waals surface area contributed by atoms with Crippen LogP contribution in [0.4, 0.5) is 0 Å². The van der Waals surface area contributed by atoms with Gasteiger partial charge in [0.15, 0.2) is 0 Å². The molecule has 21 heavy (non-hydrogen) atoms. The van der Waals surface area contributed by atoms with Crippen molar-refractivity contribution in [3.8, 4) is 0 Å². The second kappa shape index (κ2) is 6.12. The fraction of sp³-hybridized carbons (Fsp3) is 0.412. The molecule has 112 valence electrons. The highest BCUT2D eigenvalue weighted by atomic mass is 16.4. The van der Waals surface area contributed by atoms with Crippen LogP contribution in [-0.4, -0.2) is 35.5 Å². The average Bonchev–Trinajstić information content (AvgIpc) is 3.12. The molecule has 4 nitrogen and oxygen atoms in total. The number of aliphatic carboxylic acids is 1. The van der Waals surface area contributed by atoms with Crippen molar-refractivity contribution < 1.29 is 14.7 Å². The average molecular weight is 287 g/mol. The lowest BCUT2D eigenvalue weighted by Crippen LogP contribution is -2.29. The van der Waals surface area contributed by atoms with Crippen molar-refractivity contribution in [2.75, 3.05) is 13.6 Å². The Balaban J connectivity index is 2.17. The summed E-state index contributed by atoms with van der Waals surface area (Å²) < 4.78 is 0. The summed E-state index contributed by atoms with van der Waals surface area (Å²) in [6.07, 6.45) is 3.81. The van der Waals surface area contributed by atoms with Crippen LogP contribution in [0.5, 0.6) is 0 Å². The van der Waals surface area contributed by atoms with Crippen molar-refractivity contribution in [3.63, 3.8) is 0 Å². The predicted octanol–water partition coefficient (Wildman–Crippen LogP) is 2.82. The zero-order valence-electron chi connectivity index (χ0n) is 12.7. The normalized spacial score (nSPS) is 20.5. The molecule has 0 aromatic heterocycles. The van der Waals surface area contributed by atoms with Gasteiger partial charge in [0.2, 0.25) is 0 Å². The van der Waals surface area contributed by atoms with Crippen molar-refractivity contribution in [1.82, 2.24) is 4.90 Å². The zero-order chi connectivity index (χ0) is 15.6. The molecule has 0 saturated heterocycles. The molecule has 1 aromatic carbocycles. The lowest BCUT2D eigenvalue weighted by atomic mass is 10.0. The second-order valence-corrected chi connectivity index (χ2v) is 5.85. The number of hydrogen-bond donors (Lipinski definition) is 1. The highest BCUT2D eigenvalue weighted by Crippen LogP contribution is 2.38. The molecule has 0 bridgehead atoms. The molecule has 0 radical (unpaired) electrons. The highest BCUT2D eigenvalue weighted by Gasteiger charge is 2.34. The number of carboxylic acid groups (broad SMARTS) is 1. The standard InChI is InChI=1S/C17H21NO3/c1-11-9-14(11)10-18(3)17(21)15-6-4-5-13(12(15)2)7-8-16(19)20/h4-8,11,14H,9-10H2,1-3H3,(H,19,20). The van der Waals surface area contributed by atoms with E-state index in [0.717, 1.165) is 23.7 Å². The van der Waals surface area contributed by atoms with E-state index < -0.39 is 5.97 Å². The zero-order valence-corrected chi connectivity index (χ0v) is 12.7. The Hall–Kier alpha value is -2.10. The summed E-state index contributed by atoms with van der Waals surface area (Å²) in [4.78, 5) is 24.9. The van der Waals surface area contributed by atoms with E-state index in [4.69, 9.17) is 5.11 Å². The predicted molar refractivity (Wildman–Crippen MR) is 82.1 cm³/mol. The summed E-state index contributed by atoms with van der Waals surface area (Å²) in [5.41, 5.74) is 2.21. The Kier molecular flexibility index (Phi) is 4.46. The van der Waals surface area contributed by atoms with Crippen LogP contribution in [0.2, 0.25) is 0 Å². The van der Waals surface area contributed by atoms with Crippen LogP contribution < -0.4 is 0 Å². The lowest BCUT2D eigenvalue weighted by molar-refractivity contribution is -0.131. The van der Waals surface area contributed by atoms with Gasteiger partial charge in [0.25, 0.3) is 5.91 Å². The van der Waals surface area contributed by atoms with E-state index in [1.54, 1.807) is 17.0 Å². The molecule has 1 amide bonds. The van der Waals surface area contributed by atoms with E-state index in [1.165, 1.54) is 12.5 Å². The largest absolute Gasteiger partial charge is 0.478 e. The van der Waals surface area contributed by atoms with Crippen LogP contribution in [0.1, 0.15) is 34.8 Å². The molecule has 1 N–H and O–H groups in total. The monoisotopic (exact) mass is 287 g/mol. The SMILES string of the molecule is Cc1c(C=CC(=O)O)cccc1C(=O)N(C)CC1CC1C. The second-order valence-electron chi connectivity index (χ2n) is 5.85. The molecule has 1 aliphatic carbocycles. The maximum Gasteiger partial charge on any atom is 0.328 e. The van der Waals surface area contributed by atoms with Crippen molar-refractivity contribution in [2.24, 2.45) is 11.8 Å². The number of carboxylic acids is 1. The summed E-state index contributed by atoms with van der Waals surface area (Å²) in [7, 11) is 1.83. The third kappa shape index (κ3) is 3.72. The summed E-state index contributed by atoms with van der Waals surface area (Å²) in [6, 6.07) is 5.40. The van der Waals surface area contributed by atoms with Gasteiger partial charge in [0.1, 0.15) is 0 Å². The van der Waals surface area contributed by atoms with Crippen LogP contribution in [-0.2, 0) is 4.79 Å². The molecule has 4 heteroatoms. The van der Waals surface area contributed by atoms with Gasteiger partial charge < -0.3 is 10.0 Å². The van der Waals surface area contributed by atoms with E-state index in [0.29, 0.717) is 17.4 Å². The molecule has 0 spiro atoms. The summed E-state index contributed by atoms with van der Waals surface area (Å²) in [5.74, 6) is 0.337. The maximum absolute atomic E-state index is 12.5. The van der Waals surface area contributed by atoms with Crippen molar-refractivity contribution >= 4 is 18.0 Å². The molecule has 2 unspecified atom stereocenters. The molecule has 1 aromatic rings. The molecule has 0 aliphatic heterocycles. The molecule has 0 heterocycles. The van der Waals surface area contributed by atoms with Crippen LogP contribution in [0.15, 0.2) is 24.3 Å². The Bertz CT molecular complexity index is 592. The molecule has 2 atom stereocenters. The smallest absolute Gasteiger partial charge is 0.328 e. The van der Waals surface area contributed by atoms with Gasteiger partial charge in [0, 0.05) is 25.2 Å². The number of carbonyl (C=O) groups is 2. The third-order valence-corrected chi connectivity index (χ3v) is 4.14. The number of amides is 1. The van der Waals surface area contributed by atoms with E-state index in [9.17, 15) is 9.59 Å². The maximum atomic E-state index is 12.5. The minimum Gasteiger partial charge on any atom is -0.478 e. The van der Waals surface area contributed by atoms with Crippen molar-refractivity contribution in [3.05, 3.63) is 41.0 Å². The Morgan fingerprint density at radius 2 is 2.10 bits per heavy atom. The van der Waals surface area contributed by atoms with Gasteiger partial charge in [-0.2, -0.15) is 0 Å². The van der Waals surface area contributed by atoms with Crippen LogP contribution in [0.25, 0.3) is 6.08 Å². The molecule has 1 aliphatic rings. The molecule has 2 rings (SSSR count). The highest BCUT2D eigenvalue weighted by molar-refractivity contribution is 5.96. The lowest BCUT2D eigenvalue weighted by Gasteiger charge is -2.19. The first kappa shape index (κ1) is 15.3. The number of nitrogens with zero attached hydrogens (tertiary/aromatic N) is 1. The molecular weight excluding hydrogens is 266 g/mol. The summed E-state index contributed by atoms with van der Waals surface area (Å²) in [5, 5.41) is 8.70. The van der Waals surface area contributed by atoms with E-state index in [-0.39, 0.29) is 5.91 Å². The molecular formula is C17H21NO3. The Labute approximate surface area is 125 Å². The molecule has 1 fully saturated rings. The first-order valence-corrected chi connectivity index (χ1v) is 7.16. The summed E-state index contributed by atoms with van der Waals surface area (Å²) >= 11 is 0. The van der Waals surface area contributed by atoms with Gasteiger partial charge >= 0.3 is 5.97 Å². The topological polar surface area (TPSA) is 57.6 Å². The van der Waals surface area contributed by atoms with Gasteiger partial charge in [0.05, 0.1) is 0 Å². The van der Waals surface area contributed by atoms with Crippen LogP contribution >= 0.6 is 0 Å². The van der Waals surface area contributed by atoms with Gasteiger partial charge in [-0.05, 0) is 48.4 Å². The van der Waals surface area contributed by atoms with Gasteiger partial charge in [-0.1, -0.05) is 19.1 Å². The Morgan fingerprint density at radius 3 is 2.67 bits per heavy atom. The van der Waals surface area contributed by atoms with Crippen LogP contribution in [0, 0.1) is 18.8 Å². The van der Waals surface area contributed by atoms with Gasteiger partial charge in [-0.3, -0.25) is 4.79 Å². The number of hydrogen-bond acceptors (Lipinski definition) is 2. The van der Waals surface area contributed by atoms with E-state index in [1.807, 2.05) is 20.0 Å². The Morgan fingerprint density at radius 1 is 1.43 bits per heavy atom. The van der Waals surface area contributed by atoms with Gasteiger partial charge in [-0.25, -0.2) is 4.79 Å². The fourth-order valence-corrected chi connectivity index (χ4v) is 2.52. The quantitative estimate of drug-likeness (QED) is 0.847. The van der Waals surface area contributed by atoms with Crippen molar-refractivity contribution in [2.45, 2.75) is 20.3 Å². The minimum atomic E-state index is -0.994. The van der Waals surface area contributed by atoms with E-state index >= 15 is 0 Å².